The summed E-state index contributed by atoms with van der Waals surface area (Å²) in [5.74, 6) is 2.18. The topological polar surface area (TPSA) is 30.5 Å². The normalized spacial score (nSPS) is 23.7. The summed E-state index contributed by atoms with van der Waals surface area (Å²) < 4.78 is 12.5. The summed E-state index contributed by atoms with van der Waals surface area (Å²) in [6.45, 7) is 6.66. The van der Waals surface area contributed by atoms with E-state index in [9.17, 15) is 0 Å². The van der Waals surface area contributed by atoms with Gasteiger partial charge in [-0.1, -0.05) is 30.4 Å². The zero-order valence-electron chi connectivity index (χ0n) is 17.7. The predicted octanol–water partition coefficient (Wildman–Crippen LogP) is 6.76. The van der Waals surface area contributed by atoms with Gasteiger partial charge in [-0.15, -0.1) is 0 Å². The van der Waals surface area contributed by atoms with Gasteiger partial charge in [0.1, 0.15) is 17.6 Å². The van der Waals surface area contributed by atoms with Gasteiger partial charge in [0, 0.05) is 22.7 Å². The Morgan fingerprint density at radius 3 is 2.76 bits per heavy atom. The first-order chi connectivity index (χ1) is 14.0. The lowest BCUT2D eigenvalue weighted by molar-refractivity contribution is 0.146. The summed E-state index contributed by atoms with van der Waals surface area (Å²) in [7, 11) is 1.74. The Morgan fingerprint density at radius 2 is 2.00 bits per heavy atom. The lowest BCUT2D eigenvalue weighted by Crippen LogP contribution is -2.33. The quantitative estimate of drug-likeness (QED) is 0.578. The van der Waals surface area contributed by atoms with Crippen LogP contribution < -0.4 is 14.8 Å². The molecule has 5 rings (SSSR count). The molecule has 2 aliphatic heterocycles. The van der Waals surface area contributed by atoms with Crippen LogP contribution >= 0.6 is 0 Å². The second kappa shape index (κ2) is 6.69. The largest absolute Gasteiger partial charge is 0.496 e. The molecule has 2 aromatic rings. The third kappa shape index (κ3) is 2.95. The Kier molecular flexibility index (Phi) is 4.23. The van der Waals surface area contributed by atoms with E-state index < -0.39 is 0 Å². The van der Waals surface area contributed by atoms with Crippen LogP contribution in [0.1, 0.15) is 57.3 Å². The van der Waals surface area contributed by atoms with E-state index in [1.165, 1.54) is 40.8 Å². The summed E-state index contributed by atoms with van der Waals surface area (Å²) in [6, 6.07) is 10.6. The van der Waals surface area contributed by atoms with E-state index in [4.69, 9.17) is 9.47 Å². The van der Waals surface area contributed by atoms with E-state index in [0.717, 1.165) is 23.5 Å². The van der Waals surface area contributed by atoms with E-state index in [1.54, 1.807) is 7.11 Å². The molecule has 2 aromatic carbocycles. The number of ether oxygens (including phenoxy) is 2. The zero-order valence-corrected chi connectivity index (χ0v) is 17.7. The molecule has 150 valence electrons. The van der Waals surface area contributed by atoms with Gasteiger partial charge < -0.3 is 14.8 Å². The molecule has 2 atom stereocenters. The lowest BCUT2D eigenvalue weighted by atomic mass is 9.77. The van der Waals surface area contributed by atoms with Crippen LogP contribution in [0.15, 0.2) is 48.6 Å². The van der Waals surface area contributed by atoms with E-state index in [0.29, 0.717) is 5.92 Å². The summed E-state index contributed by atoms with van der Waals surface area (Å²) in [6.07, 6.45) is 10.6. The third-order valence-corrected chi connectivity index (χ3v) is 6.37. The smallest absolute Gasteiger partial charge is 0.131 e. The van der Waals surface area contributed by atoms with Crippen LogP contribution in [0.3, 0.4) is 0 Å². The summed E-state index contributed by atoms with van der Waals surface area (Å²) in [5.41, 5.74) is 7.35. The molecule has 3 heteroatoms. The standard InChI is InChI=1S/C26H29NO2/c1-16-15-26(2,3)27-19-14-13-18-23-20(28-4)11-8-12-21(23)29-25(24(18)22(16)19)17-9-6-5-7-10-17/h6,8-9,11-15,17,25,27H,5,7,10H2,1-4H3/t17-,25-/m0/s1. The summed E-state index contributed by atoms with van der Waals surface area (Å²) in [4.78, 5) is 0. The first kappa shape index (κ1) is 18.4. The fourth-order valence-electron chi connectivity index (χ4n) is 5.29. The highest BCUT2D eigenvalue weighted by Crippen LogP contribution is 2.54. The van der Waals surface area contributed by atoms with Crippen LogP contribution in [0.25, 0.3) is 16.7 Å². The second-order valence-electron chi connectivity index (χ2n) is 9.02. The molecule has 0 radical (unpaired) electrons. The number of hydrogen-bond donors (Lipinski definition) is 1. The van der Waals surface area contributed by atoms with Crippen molar-refractivity contribution in [2.45, 2.75) is 51.7 Å². The maximum Gasteiger partial charge on any atom is 0.131 e. The van der Waals surface area contributed by atoms with Gasteiger partial charge in [-0.3, -0.25) is 0 Å². The molecule has 1 N–H and O–H groups in total. The van der Waals surface area contributed by atoms with Crippen molar-refractivity contribution >= 4 is 11.3 Å². The number of benzene rings is 2. The Labute approximate surface area is 173 Å². The van der Waals surface area contributed by atoms with Crippen LogP contribution in [0.2, 0.25) is 0 Å². The molecule has 3 nitrogen and oxygen atoms in total. The molecule has 3 aliphatic rings. The van der Waals surface area contributed by atoms with Crippen molar-refractivity contribution in [1.82, 2.24) is 0 Å². The highest BCUT2D eigenvalue weighted by atomic mass is 16.5. The van der Waals surface area contributed by atoms with Gasteiger partial charge in [0.2, 0.25) is 0 Å². The number of nitrogens with one attached hydrogen (secondary N) is 1. The minimum absolute atomic E-state index is 0.0162. The molecule has 0 saturated heterocycles. The molecular formula is C26H29NO2. The average Bonchev–Trinajstić information content (AvgIpc) is 2.71. The van der Waals surface area contributed by atoms with Crippen LogP contribution in [0, 0.1) is 5.92 Å². The van der Waals surface area contributed by atoms with Gasteiger partial charge >= 0.3 is 0 Å². The van der Waals surface area contributed by atoms with Gasteiger partial charge in [0.15, 0.2) is 0 Å². The fourth-order valence-corrected chi connectivity index (χ4v) is 5.29. The first-order valence-corrected chi connectivity index (χ1v) is 10.6. The Balaban J connectivity index is 1.78. The molecular weight excluding hydrogens is 358 g/mol. The van der Waals surface area contributed by atoms with Crippen molar-refractivity contribution in [3.63, 3.8) is 0 Å². The van der Waals surface area contributed by atoms with Gasteiger partial charge in [0.25, 0.3) is 0 Å². The maximum absolute atomic E-state index is 6.72. The van der Waals surface area contributed by atoms with Crippen LogP contribution in [-0.4, -0.2) is 12.6 Å². The summed E-state index contributed by atoms with van der Waals surface area (Å²) >= 11 is 0. The van der Waals surface area contributed by atoms with Crippen LogP contribution in [-0.2, 0) is 0 Å². The van der Waals surface area contributed by atoms with E-state index in [2.05, 4.69) is 62.5 Å². The molecule has 0 unspecified atom stereocenters. The number of hydrogen-bond acceptors (Lipinski definition) is 3. The minimum atomic E-state index is -0.0589. The van der Waals surface area contributed by atoms with Gasteiger partial charge in [-0.2, -0.15) is 0 Å². The first-order valence-electron chi connectivity index (χ1n) is 10.6. The monoisotopic (exact) mass is 387 g/mol. The number of methoxy groups -OCH3 is 1. The molecule has 0 fully saturated rings. The van der Waals surface area contributed by atoms with E-state index in [-0.39, 0.29) is 11.6 Å². The zero-order chi connectivity index (χ0) is 20.2. The third-order valence-electron chi connectivity index (χ3n) is 6.37. The predicted molar refractivity (Wildman–Crippen MR) is 120 cm³/mol. The van der Waals surface area contributed by atoms with E-state index in [1.807, 2.05) is 12.1 Å². The molecule has 2 heterocycles. The number of anilines is 1. The second-order valence-corrected chi connectivity index (χ2v) is 9.02. The van der Waals surface area contributed by atoms with Crippen LogP contribution in [0.5, 0.6) is 11.5 Å². The molecule has 1 aliphatic carbocycles. The van der Waals surface area contributed by atoms with Crippen molar-refractivity contribution in [3.8, 4) is 22.6 Å². The average molecular weight is 388 g/mol. The highest BCUT2D eigenvalue weighted by Gasteiger charge is 2.37. The number of rotatable bonds is 2. The van der Waals surface area contributed by atoms with Crippen molar-refractivity contribution in [3.05, 3.63) is 59.7 Å². The molecule has 0 saturated carbocycles. The number of allylic oxidation sites excluding steroid dienone is 2. The molecule has 0 bridgehead atoms. The van der Waals surface area contributed by atoms with E-state index >= 15 is 0 Å². The Bertz CT molecular complexity index is 1030. The van der Waals surface area contributed by atoms with Gasteiger partial charge in [-0.05, 0) is 69.4 Å². The Hall–Kier alpha value is -2.68. The van der Waals surface area contributed by atoms with Crippen molar-refractivity contribution < 1.29 is 9.47 Å². The number of fused-ring (bicyclic) bond motifs is 5. The molecule has 0 amide bonds. The van der Waals surface area contributed by atoms with Crippen molar-refractivity contribution in [2.24, 2.45) is 5.92 Å². The maximum atomic E-state index is 6.72. The lowest BCUT2D eigenvalue weighted by Gasteiger charge is -2.39. The SMILES string of the molecule is COc1cccc2c1-c1ccc3c(c1[C@H]([C@H]1C=CCCC1)O2)C(C)=CC(C)(C)N3. The van der Waals surface area contributed by atoms with Gasteiger partial charge in [-0.25, -0.2) is 0 Å². The van der Waals surface area contributed by atoms with Crippen LogP contribution in [0.4, 0.5) is 5.69 Å². The molecule has 0 aromatic heterocycles. The fraction of sp³-hybridized carbons (Fsp3) is 0.385. The molecule has 29 heavy (non-hydrogen) atoms. The Morgan fingerprint density at radius 1 is 1.14 bits per heavy atom. The van der Waals surface area contributed by atoms with Crippen molar-refractivity contribution in [1.29, 1.82) is 0 Å². The summed E-state index contributed by atoms with van der Waals surface area (Å²) in [5, 5.41) is 3.71. The molecule has 0 spiro atoms. The minimum Gasteiger partial charge on any atom is -0.496 e. The highest BCUT2D eigenvalue weighted by molar-refractivity contribution is 5.91. The van der Waals surface area contributed by atoms with Crippen molar-refractivity contribution in [2.75, 3.05) is 12.4 Å². The van der Waals surface area contributed by atoms with Gasteiger partial charge in [0.05, 0.1) is 18.2 Å².